The van der Waals surface area contributed by atoms with Gasteiger partial charge in [-0.05, 0) is 24.1 Å². The van der Waals surface area contributed by atoms with Gasteiger partial charge in [0.25, 0.3) is 0 Å². The molecule has 5 rings (SSSR count). The first-order chi connectivity index (χ1) is 16.2. The number of nitriles is 1. The van der Waals surface area contributed by atoms with E-state index in [0.29, 0.717) is 19.0 Å². The third kappa shape index (κ3) is 3.93. The van der Waals surface area contributed by atoms with Crippen LogP contribution in [0.3, 0.4) is 0 Å². The number of benzene rings is 2. The number of rotatable bonds is 5. The fourth-order valence-electron chi connectivity index (χ4n) is 5.02. The minimum absolute atomic E-state index is 0.105. The van der Waals surface area contributed by atoms with Crippen LogP contribution in [-0.2, 0) is 13.0 Å². The monoisotopic (exact) mass is 440 g/mol. The van der Waals surface area contributed by atoms with Gasteiger partial charge in [0.2, 0.25) is 0 Å². The number of methoxy groups -OCH3 is 1. The van der Waals surface area contributed by atoms with E-state index in [1.807, 2.05) is 6.20 Å². The zero-order valence-electron chi connectivity index (χ0n) is 18.9. The molecule has 7 heteroatoms. The van der Waals surface area contributed by atoms with Gasteiger partial charge in [-0.25, -0.2) is 0 Å². The van der Waals surface area contributed by atoms with Crippen LogP contribution >= 0.6 is 0 Å². The zero-order valence-corrected chi connectivity index (χ0v) is 18.9. The molecule has 2 aliphatic rings. The summed E-state index contributed by atoms with van der Waals surface area (Å²) in [6.45, 7) is 7.91. The van der Waals surface area contributed by atoms with Crippen LogP contribution in [0.2, 0.25) is 0 Å². The molecular formula is C26H28N6O. The molecular weight excluding hydrogens is 412 g/mol. The Kier molecular flexibility index (Phi) is 5.74. The lowest BCUT2D eigenvalue weighted by atomic mass is 10.0. The van der Waals surface area contributed by atoms with Crippen molar-refractivity contribution in [2.24, 2.45) is 0 Å². The van der Waals surface area contributed by atoms with Gasteiger partial charge < -0.3 is 19.4 Å². The molecule has 0 spiro atoms. The number of hydrogen-bond acceptors (Lipinski definition) is 7. The molecule has 0 radical (unpaired) electrons. The maximum absolute atomic E-state index is 9.29. The van der Waals surface area contributed by atoms with E-state index in [9.17, 15) is 5.26 Å². The van der Waals surface area contributed by atoms with E-state index in [1.165, 1.54) is 22.0 Å². The fourth-order valence-corrected chi connectivity index (χ4v) is 5.02. The Labute approximate surface area is 194 Å². The highest BCUT2D eigenvalue weighted by atomic mass is 16.5. The van der Waals surface area contributed by atoms with Gasteiger partial charge >= 0.3 is 6.01 Å². The lowest BCUT2D eigenvalue weighted by molar-refractivity contribution is 0.251. The van der Waals surface area contributed by atoms with Crippen LogP contribution < -0.4 is 14.5 Å². The molecule has 3 aromatic rings. The highest BCUT2D eigenvalue weighted by Crippen LogP contribution is 2.34. The summed E-state index contributed by atoms with van der Waals surface area (Å²) >= 11 is 0. The van der Waals surface area contributed by atoms with Crippen LogP contribution in [0, 0.1) is 11.3 Å². The summed E-state index contributed by atoms with van der Waals surface area (Å²) in [7, 11) is 1.62. The van der Waals surface area contributed by atoms with Crippen molar-refractivity contribution in [3.63, 3.8) is 0 Å². The van der Waals surface area contributed by atoms with Crippen LogP contribution in [0.1, 0.15) is 17.7 Å². The van der Waals surface area contributed by atoms with Crippen molar-refractivity contribution < 1.29 is 4.74 Å². The largest absolute Gasteiger partial charge is 0.467 e. The summed E-state index contributed by atoms with van der Waals surface area (Å²) in [5.41, 5.74) is 3.43. The Balaban J connectivity index is 1.48. The van der Waals surface area contributed by atoms with Crippen LogP contribution in [0.25, 0.3) is 10.8 Å². The number of anilines is 2. The minimum Gasteiger partial charge on any atom is -0.467 e. The maximum Gasteiger partial charge on any atom is 0.318 e. The van der Waals surface area contributed by atoms with Crippen molar-refractivity contribution >= 4 is 22.3 Å². The van der Waals surface area contributed by atoms with Crippen molar-refractivity contribution in [1.82, 2.24) is 14.9 Å². The predicted octanol–water partition coefficient (Wildman–Crippen LogP) is 3.75. The molecule has 1 aromatic heterocycles. The van der Waals surface area contributed by atoms with E-state index < -0.39 is 0 Å². The standard InChI is InChI=1S/C26H28N6O/c1-3-30-15-16-32(17-20(30)11-13-27)25-22-12-14-31(18-23(22)28-26(29-25)33-2)24-10-6-8-19-7-4-5-9-21(19)24/h3-10,20H,1,11-12,14-18H2,2H3. The minimum atomic E-state index is 0.105. The predicted molar refractivity (Wildman–Crippen MR) is 130 cm³/mol. The SMILES string of the molecule is C=CN1CCN(c2nc(OC)nc3c2CCN(c2cccc4ccccc24)C3)CC1CC#N. The second-order valence-electron chi connectivity index (χ2n) is 8.51. The first-order valence-corrected chi connectivity index (χ1v) is 11.4. The van der Waals surface area contributed by atoms with Crippen LogP contribution in [0.4, 0.5) is 11.5 Å². The van der Waals surface area contributed by atoms with Gasteiger partial charge in [0.15, 0.2) is 0 Å². The summed E-state index contributed by atoms with van der Waals surface area (Å²) in [6, 6.07) is 17.8. The van der Waals surface area contributed by atoms with Crippen LogP contribution in [0.15, 0.2) is 55.2 Å². The third-order valence-corrected chi connectivity index (χ3v) is 6.70. The van der Waals surface area contributed by atoms with Gasteiger partial charge in [-0.3, -0.25) is 0 Å². The quantitative estimate of drug-likeness (QED) is 0.598. The summed E-state index contributed by atoms with van der Waals surface area (Å²) in [6.07, 6.45) is 3.17. The Hall–Kier alpha value is -3.79. The molecule has 2 aromatic carbocycles. The molecule has 1 saturated heterocycles. The number of ether oxygens (including phenoxy) is 1. The molecule has 0 bridgehead atoms. The Morgan fingerprint density at radius 3 is 2.79 bits per heavy atom. The first-order valence-electron chi connectivity index (χ1n) is 11.4. The lowest BCUT2D eigenvalue weighted by Crippen LogP contribution is -2.51. The van der Waals surface area contributed by atoms with E-state index in [0.717, 1.165) is 44.1 Å². The molecule has 0 N–H and O–H groups in total. The molecule has 33 heavy (non-hydrogen) atoms. The maximum atomic E-state index is 9.29. The lowest BCUT2D eigenvalue weighted by Gasteiger charge is -2.42. The summed E-state index contributed by atoms with van der Waals surface area (Å²) in [5.74, 6) is 0.945. The number of aromatic nitrogens is 2. The summed E-state index contributed by atoms with van der Waals surface area (Å²) < 4.78 is 5.49. The van der Waals surface area contributed by atoms with E-state index in [-0.39, 0.29) is 6.04 Å². The van der Waals surface area contributed by atoms with E-state index >= 15 is 0 Å². The fraction of sp³-hybridized carbons (Fsp3) is 0.346. The van der Waals surface area contributed by atoms with Crippen molar-refractivity contribution in [3.8, 4) is 12.1 Å². The Morgan fingerprint density at radius 1 is 1.12 bits per heavy atom. The second-order valence-corrected chi connectivity index (χ2v) is 8.51. The summed E-state index contributed by atoms with van der Waals surface area (Å²) in [4.78, 5) is 16.4. The van der Waals surface area contributed by atoms with Gasteiger partial charge in [-0.2, -0.15) is 15.2 Å². The van der Waals surface area contributed by atoms with Crippen molar-refractivity contribution in [2.45, 2.75) is 25.4 Å². The van der Waals surface area contributed by atoms with Gasteiger partial charge in [0.1, 0.15) is 5.82 Å². The first kappa shape index (κ1) is 21.1. The topological polar surface area (TPSA) is 68.5 Å². The van der Waals surface area contributed by atoms with E-state index in [2.05, 4.69) is 69.8 Å². The molecule has 1 atom stereocenters. The Bertz CT molecular complexity index is 1210. The highest BCUT2D eigenvalue weighted by molar-refractivity contribution is 5.94. The van der Waals surface area contributed by atoms with Gasteiger partial charge in [0, 0.05) is 42.8 Å². The van der Waals surface area contributed by atoms with Crippen LogP contribution in [-0.4, -0.2) is 54.2 Å². The molecule has 168 valence electrons. The molecule has 1 unspecified atom stereocenters. The molecule has 0 aliphatic carbocycles. The molecule has 7 nitrogen and oxygen atoms in total. The van der Waals surface area contributed by atoms with E-state index in [1.54, 1.807) is 7.11 Å². The zero-order chi connectivity index (χ0) is 22.8. The normalized spacial score (nSPS) is 18.1. The summed E-state index contributed by atoms with van der Waals surface area (Å²) in [5, 5.41) is 11.8. The third-order valence-electron chi connectivity index (χ3n) is 6.70. The van der Waals surface area contributed by atoms with Crippen molar-refractivity contribution in [3.05, 3.63) is 66.5 Å². The van der Waals surface area contributed by atoms with Crippen molar-refractivity contribution in [2.75, 3.05) is 43.1 Å². The number of nitrogens with zero attached hydrogens (tertiary/aromatic N) is 6. The average Bonchev–Trinajstić information content (AvgIpc) is 2.87. The molecule has 0 amide bonds. The van der Waals surface area contributed by atoms with Gasteiger partial charge in [0.05, 0.1) is 37.9 Å². The molecule has 3 heterocycles. The second kappa shape index (κ2) is 8.99. The molecule has 2 aliphatic heterocycles. The van der Waals surface area contributed by atoms with Gasteiger partial charge in [-0.1, -0.05) is 43.0 Å². The molecule has 0 saturated carbocycles. The molecule has 1 fully saturated rings. The van der Waals surface area contributed by atoms with Gasteiger partial charge in [-0.15, -0.1) is 0 Å². The van der Waals surface area contributed by atoms with Crippen LogP contribution in [0.5, 0.6) is 6.01 Å². The highest BCUT2D eigenvalue weighted by Gasteiger charge is 2.30. The number of piperazine rings is 1. The number of fused-ring (bicyclic) bond motifs is 2. The van der Waals surface area contributed by atoms with Crippen molar-refractivity contribution in [1.29, 1.82) is 5.26 Å². The van der Waals surface area contributed by atoms with E-state index in [4.69, 9.17) is 14.7 Å². The number of hydrogen-bond donors (Lipinski definition) is 0. The Morgan fingerprint density at radius 2 is 1.97 bits per heavy atom. The smallest absolute Gasteiger partial charge is 0.318 e. The average molecular weight is 441 g/mol.